The zero-order chi connectivity index (χ0) is 11.5. The Morgan fingerprint density at radius 1 is 1.40 bits per heavy atom. The van der Waals surface area contributed by atoms with Gasteiger partial charge in [-0.2, -0.15) is 13.2 Å². The average molecular weight is 218 g/mol. The van der Waals surface area contributed by atoms with E-state index in [1.807, 2.05) is 13.0 Å². The molecule has 84 valence electrons. The fourth-order valence-electron chi connectivity index (χ4n) is 1.39. The van der Waals surface area contributed by atoms with Crippen molar-refractivity contribution in [2.45, 2.75) is 25.6 Å². The Morgan fingerprint density at radius 2 is 2.07 bits per heavy atom. The molecule has 0 bridgehead atoms. The van der Waals surface area contributed by atoms with Gasteiger partial charge in [-0.25, -0.2) is 0 Å². The van der Waals surface area contributed by atoms with E-state index in [0.717, 1.165) is 5.56 Å². The molecule has 0 saturated carbocycles. The van der Waals surface area contributed by atoms with Gasteiger partial charge in [0.05, 0.1) is 12.5 Å². The molecule has 0 aliphatic carbocycles. The molecular weight excluding hydrogens is 205 g/mol. The van der Waals surface area contributed by atoms with Crippen LogP contribution in [0.25, 0.3) is 0 Å². The van der Waals surface area contributed by atoms with Crippen molar-refractivity contribution in [3.05, 3.63) is 35.4 Å². The molecule has 1 aromatic carbocycles. The second-order valence-electron chi connectivity index (χ2n) is 3.45. The van der Waals surface area contributed by atoms with E-state index in [1.54, 1.807) is 18.2 Å². The van der Waals surface area contributed by atoms with Crippen LogP contribution >= 0.6 is 0 Å². The Kier molecular flexibility index (Phi) is 3.71. The largest absolute Gasteiger partial charge is 0.390 e. The monoisotopic (exact) mass is 218 g/mol. The number of halogens is 3. The van der Waals surface area contributed by atoms with Crippen molar-refractivity contribution in [2.24, 2.45) is 5.84 Å². The number of nitrogens with one attached hydrogen (secondary N) is 1. The lowest BCUT2D eigenvalue weighted by Crippen LogP contribution is -2.31. The van der Waals surface area contributed by atoms with E-state index in [9.17, 15) is 13.2 Å². The number of alkyl halides is 3. The molecule has 0 aromatic heterocycles. The van der Waals surface area contributed by atoms with Crippen LogP contribution in [0.15, 0.2) is 24.3 Å². The van der Waals surface area contributed by atoms with E-state index in [0.29, 0.717) is 5.56 Å². The Hall–Kier alpha value is -1.07. The maximum absolute atomic E-state index is 12.2. The minimum absolute atomic E-state index is 0.551. The van der Waals surface area contributed by atoms with Crippen LogP contribution in [0.4, 0.5) is 13.2 Å². The number of hydrogen-bond acceptors (Lipinski definition) is 2. The maximum atomic E-state index is 12.2. The normalized spacial score (nSPS) is 13.9. The van der Waals surface area contributed by atoms with Crippen molar-refractivity contribution in [1.29, 1.82) is 0 Å². The van der Waals surface area contributed by atoms with Crippen molar-refractivity contribution >= 4 is 0 Å². The van der Waals surface area contributed by atoms with E-state index >= 15 is 0 Å². The van der Waals surface area contributed by atoms with Gasteiger partial charge in [0.1, 0.15) is 0 Å². The summed E-state index contributed by atoms with van der Waals surface area (Å²) in [5.74, 6) is 5.11. The van der Waals surface area contributed by atoms with Gasteiger partial charge in [-0.1, -0.05) is 29.8 Å². The highest BCUT2D eigenvalue weighted by molar-refractivity contribution is 5.25. The molecule has 0 amide bonds. The first kappa shape index (κ1) is 12.0. The van der Waals surface area contributed by atoms with Crippen LogP contribution in [0.2, 0.25) is 0 Å². The maximum Gasteiger partial charge on any atom is 0.390 e. The minimum Gasteiger partial charge on any atom is -0.271 e. The van der Waals surface area contributed by atoms with Crippen LogP contribution in [0.3, 0.4) is 0 Å². The molecule has 0 aliphatic heterocycles. The van der Waals surface area contributed by atoms with Crippen LogP contribution in [0.1, 0.15) is 23.6 Å². The topological polar surface area (TPSA) is 38.0 Å². The predicted octanol–water partition coefficient (Wildman–Crippen LogP) is 2.45. The molecule has 5 heteroatoms. The smallest absolute Gasteiger partial charge is 0.271 e. The van der Waals surface area contributed by atoms with E-state index < -0.39 is 18.6 Å². The van der Waals surface area contributed by atoms with Crippen molar-refractivity contribution in [3.8, 4) is 0 Å². The highest BCUT2D eigenvalue weighted by atomic mass is 19.4. The third-order valence-corrected chi connectivity index (χ3v) is 2.08. The Bertz CT molecular complexity index is 323. The molecule has 0 radical (unpaired) electrons. The molecule has 1 rings (SSSR count). The van der Waals surface area contributed by atoms with Gasteiger partial charge in [0.25, 0.3) is 0 Å². The summed E-state index contributed by atoms with van der Waals surface area (Å²) >= 11 is 0. The van der Waals surface area contributed by atoms with Crippen LogP contribution in [-0.4, -0.2) is 6.18 Å². The van der Waals surface area contributed by atoms with Crippen molar-refractivity contribution in [2.75, 3.05) is 0 Å². The van der Waals surface area contributed by atoms with Crippen LogP contribution < -0.4 is 11.3 Å². The first-order valence-corrected chi connectivity index (χ1v) is 4.52. The lowest BCUT2D eigenvalue weighted by molar-refractivity contribution is -0.140. The van der Waals surface area contributed by atoms with Crippen molar-refractivity contribution < 1.29 is 13.2 Å². The van der Waals surface area contributed by atoms with E-state index in [1.165, 1.54) is 0 Å². The summed E-state index contributed by atoms with van der Waals surface area (Å²) in [5, 5.41) is 0. The van der Waals surface area contributed by atoms with E-state index in [4.69, 9.17) is 5.84 Å². The highest BCUT2D eigenvalue weighted by Gasteiger charge is 2.32. The van der Waals surface area contributed by atoms with Crippen LogP contribution in [-0.2, 0) is 0 Å². The fourth-order valence-corrected chi connectivity index (χ4v) is 1.39. The van der Waals surface area contributed by atoms with Gasteiger partial charge >= 0.3 is 6.18 Å². The zero-order valence-corrected chi connectivity index (χ0v) is 8.31. The van der Waals surface area contributed by atoms with Crippen LogP contribution in [0, 0.1) is 6.92 Å². The van der Waals surface area contributed by atoms with E-state index in [-0.39, 0.29) is 0 Å². The molecule has 0 heterocycles. The third kappa shape index (κ3) is 3.89. The highest BCUT2D eigenvalue weighted by Crippen LogP contribution is 2.29. The van der Waals surface area contributed by atoms with Gasteiger partial charge in [0, 0.05) is 0 Å². The Balaban J connectivity index is 2.83. The van der Waals surface area contributed by atoms with Gasteiger partial charge in [0.15, 0.2) is 0 Å². The Labute approximate surface area is 86.2 Å². The molecule has 0 spiro atoms. The molecule has 0 fully saturated rings. The quantitative estimate of drug-likeness (QED) is 0.604. The van der Waals surface area contributed by atoms with Crippen molar-refractivity contribution in [3.63, 3.8) is 0 Å². The molecule has 15 heavy (non-hydrogen) atoms. The number of nitrogens with two attached hydrogens (primary N) is 1. The van der Waals surface area contributed by atoms with Gasteiger partial charge in [-0.15, -0.1) is 0 Å². The summed E-state index contributed by atoms with van der Waals surface area (Å²) in [6.07, 6.45) is -5.19. The summed E-state index contributed by atoms with van der Waals surface area (Å²) in [7, 11) is 0. The molecule has 0 aliphatic rings. The average Bonchev–Trinajstić information content (AvgIpc) is 2.13. The summed E-state index contributed by atoms with van der Waals surface area (Å²) in [5.41, 5.74) is 3.64. The van der Waals surface area contributed by atoms with Crippen LogP contribution in [0.5, 0.6) is 0 Å². The predicted molar refractivity (Wildman–Crippen MR) is 51.9 cm³/mol. The third-order valence-electron chi connectivity index (χ3n) is 2.08. The summed E-state index contributed by atoms with van der Waals surface area (Å²) in [6.45, 7) is 1.82. The second-order valence-corrected chi connectivity index (χ2v) is 3.45. The van der Waals surface area contributed by atoms with Gasteiger partial charge in [-0.3, -0.25) is 11.3 Å². The standard InChI is InChI=1S/C10H13F3N2/c1-7-3-2-4-8(5-7)9(15-14)6-10(11,12)13/h2-5,9,15H,6,14H2,1H3. The molecule has 1 atom stereocenters. The molecule has 3 N–H and O–H groups in total. The lowest BCUT2D eigenvalue weighted by atomic mass is 10.0. The lowest BCUT2D eigenvalue weighted by Gasteiger charge is -2.18. The fraction of sp³-hybridized carbons (Fsp3) is 0.400. The molecular formula is C10H13F3N2. The van der Waals surface area contributed by atoms with Crippen molar-refractivity contribution in [1.82, 2.24) is 5.43 Å². The molecule has 2 nitrogen and oxygen atoms in total. The summed E-state index contributed by atoms with van der Waals surface area (Å²) in [6, 6.07) is 5.97. The molecule has 1 aromatic rings. The number of rotatable bonds is 3. The van der Waals surface area contributed by atoms with Gasteiger partial charge in [-0.05, 0) is 12.5 Å². The summed E-state index contributed by atoms with van der Waals surface area (Å²) in [4.78, 5) is 0. The van der Waals surface area contributed by atoms with E-state index in [2.05, 4.69) is 5.43 Å². The first-order chi connectivity index (χ1) is 6.92. The number of aryl methyl sites for hydroxylation is 1. The SMILES string of the molecule is Cc1cccc(C(CC(F)(F)F)NN)c1. The second kappa shape index (κ2) is 4.63. The number of hydrogen-bond donors (Lipinski definition) is 2. The zero-order valence-electron chi connectivity index (χ0n) is 8.31. The molecule has 1 unspecified atom stereocenters. The Morgan fingerprint density at radius 3 is 2.53 bits per heavy atom. The first-order valence-electron chi connectivity index (χ1n) is 4.52. The summed E-state index contributed by atoms with van der Waals surface area (Å²) < 4.78 is 36.6. The minimum atomic E-state index is -4.22. The van der Waals surface area contributed by atoms with Gasteiger partial charge < -0.3 is 0 Å². The number of hydrazine groups is 1. The van der Waals surface area contributed by atoms with Gasteiger partial charge in [0.2, 0.25) is 0 Å². The molecule has 0 saturated heterocycles. The number of benzene rings is 1.